The van der Waals surface area contributed by atoms with Gasteiger partial charge in [0.1, 0.15) is 5.75 Å². The number of unbranched alkanes of at least 4 members (excludes halogenated alkanes) is 1. The van der Waals surface area contributed by atoms with Gasteiger partial charge in [-0.1, -0.05) is 23.8 Å². The molecule has 0 saturated heterocycles. The second-order valence-electron chi connectivity index (χ2n) is 6.90. The molecule has 0 heterocycles. The van der Waals surface area contributed by atoms with Crippen LogP contribution in [-0.4, -0.2) is 39.4 Å². The molecule has 0 unspecified atom stereocenters. The topological polar surface area (TPSA) is 87.0 Å². The maximum atomic E-state index is 10.5. The molecule has 1 aliphatic rings. The molecule has 150 valence electrons. The molecule has 0 amide bonds. The molecule has 3 N–H and O–H groups in total. The van der Waals surface area contributed by atoms with Crippen molar-refractivity contribution in [3.63, 3.8) is 0 Å². The number of halogens is 2. The molecule has 1 fully saturated rings. The number of hydrogen-bond donors (Lipinski definition) is 3. The molecule has 1 aromatic carbocycles. The van der Waals surface area contributed by atoms with Gasteiger partial charge in [0.25, 0.3) is 0 Å². The van der Waals surface area contributed by atoms with Crippen molar-refractivity contribution in [2.75, 3.05) is 6.61 Å². The van der Waals surface area contributed by atoms with Crippen molar-refractivity contribution in [3.05, 3.63) is 40.9 Å². The monoisotopic (exact) mass is 416 g/mol. The Morgan fingerprint density at radius 1 is 1.26 bits per heavy atom. The molecule has 4 atom stereocenters. The molecule has 0 spiro atoms. The van der Waals surface area contributed by atoms with Gasteiger partial charge in [0.2, 0.25) is 0 Å². The number of ether oxygens (including phenoxy) is 1. The molecule has 1 aliphatic carbocycles. The molecule has 5 nitrogen and oxygen atoms in total. The zero-order valence-electron chi connectivity index (χ0n) is 15.1. The highest BCUT2D eigenvalue weighted by Crippen LogP contribution is 2.39. The first-order valence-electron chi connectivity index (χ1n) is 9.12. The van der Waals surface area contributed by atoms with E-state index in [1.165, 1.54) is 0 Å². The van der Waals surface area contributed by atoms with Crippen LogP contribution in [0.15, 0.2) is 30.4 Å². The Bertz CT molecular complexity index is 649. The van der Waals surface area contributed by atoms with Crippen LogP contribution in [-0.2, 0) is 11.4 Å². The summed E-state index contributed by atoms with van der Waals surface area (Å²) in [5.41, 5.74) is 0.667. The number of aliphatic hydroxyl groups is 2. The third kappa shape index (κ3) is 7.00. The number of allylic oxidation sites excluding steroid dienone is 2. The Morgan fingerprint density at radius 2 is 2.04 bits per heavy atom. The van der Waals surface area contributed by atoms with Gasteiger partial charge in [-0.15, -0.1) is 11.6 Å². The van der Waals surface area contributed by atoms with Crippen LogP contribution in [0, 0.1) is 11.8 Å². The number of carbonyl (C=O) groups is 1. The zero-order valence-corrected chi connectivity index (χ0v) is 16.6. The molecule has 2 rings (SSSR count). The molecule has 1 aromatic rings. The molecule has 7 heteroatoms. The van der Waals surface area contributed by atoms with E-state index in [1.807, 2.05) is 12.2 Å². The van der Waals surface area contributed by atoms with E-state index in [2.05, 4.69) is 0 Å². The molecule has 0 aromatic heterocycles. The van der Waals surface area contributed by atoms with Gasteiger partial charge in [-0.25, -0.2) is 0 Å². The summed E-state index contributed by atoms with van der Waals surface area (Å²) < 4.78 is 5.83. The van der Waals surface area contributed by atoms with Crippen molar-refractivity contribution < 1.29 is 24.9 Å². The summed E-state index contributed by atoms with van der Waals surface area (Å²) in [6.45, 7) is 0.190. The van der Waals surface area contributed by atoms with Gasteiger partial charge in [0.15, 0.2) is 0 Å². The molecule has 0 aliphatic heterocycles. The Hall–Kier alpha value is -1.27. The Kier molecular flexibility index (Phi) is 8.90. The maximum absolute atomic E-state index is 10.5. The van der Waals surface area contributed by atoms with Gasteiger partial charge in [0, 0.05) is 22.7 Å². The average Bonchev–Trinajstić information content (AvgIpc) is 2.88. The summed E-state index contributed by atoms with van der Waals surface area (Å²) in [6.07, 6.45) is 6.16. The van der Waals surface area contributed by atoms with Crippen LogP contribution < -0.4 is 4.74 Å². The van der Waals surface area contributed by atoms with E-state index in [-0.39, 0.29) is 30.2 Å². The fourth-order valence-corrected chi connectivity index (χ4v) is 4.14. The van der Waals surface area contributed by atoms with Crippen molar-refractivity contribution in [2.45, 2.75) is 50.2 Å². The predicted molar refractivity (Wildman–Crippen MR) is 105 cm³/mol. The Balaban J connectivity index is 1.90. The minimum absolute atomic E-state index is 0.0777. The number of carboxylic acid groups (broad SMARTS) is 1. The highest BCUT2D eigenvalue weighted by molar-refractivity contribution is 6.30. The lowest BCUT2D eigenvalue weighted by Crippen LogP contribution is -2.27. The summed E-state index contributed by atoms with van der Waals surface area (Å²) >= 11 is 12.4. The number of aliphatic carboxylic acids is 1. The molecule has 0 bridgehead atoms. The van der Waals surface area contributed by atoms with Crippen molar-refractivity contribution in [1.82, 2.24) is 0 Å². The smallest absolute Gasteiger partial charge is 0.303 e. The minimum atomic E-state index is -0.786. The molecule has 0 radical (unpaired) electrons. The first kappa shape index (κ1) is 22.0. The molecule has 1 saturated carbocycles. The number of aliphatic hydroxyl groups excluding tert-OH is 2. The number of hydrogen-bond acceptors (Lipinski definition) is 4. The molecule has 27 heavy (non-hydrogen) atoms. The third-order valence-corrected chi connectivity index (χ3v) is 5.59. The summed E-state index contributed by atoms with van der Waals surface area (Å²) in [5, 5.41) is 28.6. The van der Waals surface area contributed by atoms with Crippen LogP contribution in [0.4, 0.5) is 0 Å². The van der Waals surface area contributed by atoms with E-state index in [0.717, 1.165) is 0 Å². The van der Waals surface area contributed by atoms with Crippen LogP contribution >= 0.6 is 23.2 Å². The lowest BCUT2D eigenvalue weighted by atomic mass is 9.92. The highest BCUT2D eigenvalue weighted by Gasteiger charge is 2.41. The van der Waals surface area contributed by atoms with Crippen molar-refractivity contribution in [1.29, 1.82) is 0 Å². The van der Waals surface area contributed by atoms with Gasteiger partial charge in [-0.2, -0.15) is 0 Å². The number of rotatable bonds is 10. The van der Waals surface area contributed by atoms with E-state index in [1.54, 1.807) is 18.2 Å². The summed E-state index contributed by atoms with van der Waals surface area (Å²) in [4.78, 5) is 10.5. The normalized spacial score (nSPS) is 25.2. The van der Waals surface area contributed by atoms with Crippen LogP contribution in [0.25, 0.3) is 0 Å². The van der Waals surface area contributed by atoms with Crippen LogP contribution in [0.2, 0.25) is 5.02 Å². The third-order valence-electron chi connectivity index (χ3n) is 4.87. The van der Waals surface area contributed by atoms with Crippen LogP contribution in [0.3, 0.4) is 0 Å². The lowest BCUT2D eigenvalue weighted by molar-refractivity contribution is -0.137. The van der Waals surface area contributed by atoms with Gasteiger partial charge < -0.3 is 20.1 Å². The summed E-state index contributed by atoms with van der Waals surface area (Å²) in [7, 11) is 0. The van der Waals surface area contributed by atoms with Crippen molar-refractivity contribution in [2.24, 2.45) is 11.8 Å². The van der Waals surface area contributed by atoms with E-state index in [0.29, 0.717) is 48.6 Å². The second-order valence-corrected chi connectivity index (χ2v) is 7.90. The number of carboxylic acids is 1. The molecular formula is C20H26Cl2O5. The summed E-state index contributed by atoms with van der Waals surface area (Å²) in [6, 6.07) is 5.08. The van der Waals surface area contributed by atoms with Crippen molar-refractivity contribution in [3.8, 4) is 5.75 Å². The van der Waals surface area contributed by atoms with Crippen LogP contribution in [0.5, 0.6) is 5.75 Å². The highest BCUT2D eigenvalue weighted by atomic mass is 35.5. The SMILES string of the molecule is O=C(O)CCCC=CC[C@@H]1[C@@H](COc2cc(Cl)cc(CO)c2)[C@H](O)C[C@@H]1Cl. The van der Waals surface area contributed by atoms with E-state index >= 15 is 0 Å². The maximum Gasteiger partial charge on any atom is 0.303 e. The zero-order chi connectivity index (χ0) is 19.8. The van der Waals surface area contributed by atoms with Crippen molar-refractivity contribution >= 4 is 29.2 Å². The second kappa shape index (κ2) is 10.9. The van der Waals surface area contributed by atoms with Gasteiger partial charge in [0.05, 0.1) is 19.3 Å². The minimum Gasteiger partial charge on any atom is -0.493 e. The number of benzene rings is 1. The predicted octanol–water partition coefficient (Wildman–Crippen LogP) is 4.02. The first-order valence-corrected chi connectivity index (χ1v) is 9.94. The standard InChI is InChI=1S/C20H26Cl2O5/c21-14-7-13(11-23)8-15(9-14)27-12-17-16(18(22)10-19(17)24)5-3-1-2-4-6-20(25)26/h1,3,7-9,16-19,23-24H,2,4-6,10-12H2,(H,25,26)/t16-,17-,18+,19-/m1/s1. The van der Waals surface area contributed by atoms with E-state index < -0.39 is 12.1 Å². The Labute approximate surface area is 169 Å². The Morgan fingerprint density at radius 3 is 2.74 bits per heavy atom. The average molecular weight is 417 g/mol. The van der Waals surface area contributed by atoms with Gasteiger partial charge in [-0.05, 0) is 55.4 Å². The van der Waals surface area contributed by atoms with Crippen LogP contribution in [0.1, 0.15) is 37.7 Å². The van der Waals surface area contributed by atoms with E-state index in [9.17, 15) is 15.0 Å². The largest absolute Gasteiger partial charge is 0.493 e. The molecular weight excluding hydrogens is 391 g/mol. The fraction of sp³-hybridized carbons (Fsp3) is 0.550. The summed E-state index contributed by atoms with van der Waals surface area (Å²) in [5.74, 6) is -0.257. The fourth-order valence-electron chi connectivity index (χ4n) is 3.42. The van der Waals surface area contributed by atoms with E-state index in [4.69, 9.17) is 33.0 Å². The first-order chi connectivity index (χ1) is 12.9. The number of alkyl halides is 1. The van der Waals surface area contributed by atoms with Gasteiger partial charge in [-0.3, -0.25) is 4.79 Å². The quantitative estimate of drug-likeness (QED) is 0.304. The lowest BCUT2D eigenvalue weighted by Gasteiger charge is -2.23. The van der Waals surface area contributed by atoms with Gasteiger partial charge >= 0.3 is 5.97 Å².